The summed E-state index contributed by atoms with van der Waals surface area (Å²) in [5.74, 6) is 0. The second-order valence-electron chi connectivity index (χ2n) is 8.62. The number of hydrogen-bond acceptors (Lipinski definition) is 12. The number of aromatic nitrogens is 3. The van der Waals surface area contributed by atoms with E-state index in [1.54, 1.807) is 63.7 Å². The molecule has 1 heterocycles. The van der Waals surface area contributed by atoms with E-state index >= 15 is 0 Å². The summed E-state index contributed by atoms with van der Waals surface area (Å²) in [5.41, 5.74) is 3.03. The second-order valence-corrected chi connectivity index (χ2v) is 10.7. The molecule has 1 aromatic carbocycles. The lowest BCUT2D eigenvalue weighted by molar-refractivity contribution is -0.0298. The fourth-order valence-electron chi connectivity index (χ4n) is 2.78. The maximum atomic E-state index is 13.2. The highest BCUT2D eigenvalue weighted by atomic mass is 31.2. The van der Waals surface area contributed by atoms with Gasteiger partial charge in [0, 0.05) is 5.56 Å². The van der Waals surface area contributed by atoms with Crippen LogP contribution in [0.15, 0.2) is 42.1 Å². The Balaban J connectivity index is 2.00. The Morgan fingerprint density at radius 2 is 1.55 bits per heavy atom. The maximum absolute atomic E-state index is 13.2. The molecule has 1 aromatic heterocycles. The first kappa shape index (κ1) is 31.0. The van der Waals surface area contributed by atoms with Crippen molar-refractivity contribution in [2.75, 3.05) is 19.7 Å². The minimum atomic E-state index is -3.92. The smallest absolute Gasteiger partial charge is 0.432 e. The maximum Gasteiger partial charge on any atom is 0.510 e. The van der Waals surface area contributed by atoms with Gasteiger partial charge in [0.1, 0.15) is 5.69 Å². The Hall–Kier alpha value is -3.25. The van der Waals surface area contributed by atoms with Gasteiger partial charge in [0.15, 0.2) is 0 Å². The van der Waals surface area contributed by atoms with Gasteiger partial charge in [-0.25, -0.2) is 14.3 Å². The Labute approximate surface area is 221 Å². The number of aliphatic hydroxyl groups excluding tert-OH is 1. The van der Waals surface area contributed by atoms with Crippen LogP contribution in [0, 0.1) is 0 Å². The van der Waals surface area contributed by atoms with Gasteiger partial charge in [-0.3, -0.25) is 13.6 Å². The van der Waals surface area contributed by atoms with E-state index in [0.717, 1.165) is 16.7 Å². The Morgan fingerprint density at radius 3 is 2.05 bits per heavy atom. The lowest BCUT2D eigenvalue weighted by Crippen LogP contribution is -2.16. The molecule has 0 aliphatic carbocycles. The molecule has 0 amide bonds. The van der Waals surface area contributed by atoms with E-state index in [4.69, 9.17) is 28.0 Å². The van der Waals surface area contributed by atoms with Crippen LogP contribution in [0.4, 0.5) is 9.59 Å². The van der Waals surface area contributed by atoms with Crippen molar-refractivity contribution >= 4 is 19.9 Å². The molecule has 0 aliphatic rings. The molecule has 1 N–H and O–H groups in total. The third-order valence-corrected chi connectivity index (χ3v) is 6.19. The summed E-state index contributed by atoms with van der Waals surface area (Å²) in [6, 6.07) is 7.28. The molecule has 2 aromatic rings. The average Bonchev–Trinajstić information content (AvgIpc) is 3.30. The van der Waals surface area contributed by atoms with E-state index in [9.17, 15) is 19.3 Å². The second kappa shape index (κ2) is 15.2. The standard InChI is InChI=1S/C24H34N3O10P/c1-17(2)36-23(29)32-15-34-38(31,35-16-33-24(30)37-18(3)4)11-10-19(5)12-27-13-22(25-26-27)21-8-6-20(14-28)7-9-21/h6-10,13,17-18,28H,11-12,14-16H2,1-5H3/b19-10+. The molecule has 0 atom stereocenters. The van der Waals surface area contributed by atoms with Gasteiger partial charge < -0.3 is 24.1 Å². The monoisotopic (exact) mass is 555 g/mol. The van der Waals surface area contributed by atoms with E-state index < -0.39 is 45.7 Å². The first-order chi connectivity index (χ1) is 18.0. The lowest BCUT2D eigenvalue weighted by Gasteiger charge is -2.18. The van der Waals surface area contributed by atoms with Crippen molar-refractivity contribution < 1.29 is 47.3 Å². The number of nitrogens with zero attached hydrogens (tertiary/aromatic N) is 3. The fraction of sp³-hybridized carbons (Fsp3) is 0.500. The molecular formula is C24H34N3O10P. The molecule has 14 heteroatoms. The number of hydrogen-bond donors (Lipinski definition) is 1. The number of aliphatic hydroxyl groups is 1. The minimum Gasteiger partial charge on any atom is -0.432 e. The Kier molecular flexibility index (Phi) is 12.4. The first-order valence-corrected chi connectivity index (χ1v) is 13.5. The van der Waals surface area contributed by atoms with Gasteiger partial charge in [-0.05, 0) is 40.2 Å². The number of allylic oxidation sites excluding steroid dienone is 2. The zero-order chi connectivity index (χ0) is 28.1. The molecule has 0 radical (unpaired) electrons. The highest BCUT2D eigenvalue weighted by molar-refractivity contribution is 7.54. The van der Waals surface area contributed by atoms with Crippen LogP contribution in [0.2, 0.25) is 0 Å². The van der Waals surface area contributed by atoms with Gasteiger partial charge in [0.05, 0.1) is 37.7 Å². The van der Waals surface area contributed by atoms with E-state index in [1.807, 2.05) is 12.1 Å². The average molecular weight is 556 g/mol. The van der Waals surface area contributed by atoms with Crippen LogP contribution in [0.5, 0.6) is 0 Å². The molecule has 0 spiro atoms. The van der Waals surface area contributed by atoms with E-state index in [1.165, 1.54) is 0 Å². The van der Waals surface area contributed by atoms with Crippen LogP contribution >= 0.6 is 7.60 Å². The highest BCUT2D eigenvalue weighted by Gasteiger charge is 2.26. The fourth-order valence-corrected chi connectivity index (χ4v) is 4.03. The molecule has 0 unspecified atom stereocenters. The van der Waals surface area contributed by atoms with Crippen LogP contribution in [-0.2, 0) is 45.7 Å². The van der Waals surface area contributed by atoms with Crippen molar-refractivity contribution in [3.05, 3.63) is 47.7 Å². The van der Waals surface area contributed by atoms with Crippen LogP contribution in [0.25, 0.3) is 11.3 Å². The summed E-state index contributed by atoms with van der Waals surface area (Å²) in [6.45, 7) is 7.23. The van der Waals surface area contributed by atoms with Crippen molar-refractivity contribution in [3.63, 3.8) is 0 Å². The molecule has 0 aliphatic heterocycles. The molecule has 2 rings (SSSR count). The van der Waals surface area contributed by atoms with E-state index in [0.29, 0.717) is 12.2 Å². The molecular weight excluding hydrogens is 521 g/mol. The van der Waals surface area contributed by atoms with Gasteiger partial charge >= 0.3 is 19.9 Å². The highest BCUT2D eigenvalue weighted by Crippen LogP contribution is 2.48. The van der Waals surface area contributed by atoms with Crippen molar-refractivity contribution in [1.29, 1.82) is 0 Å². The third kappa shape index (κ3) is 11.4. The predicted molar refractivity (Wildman–Crippen MR) is 135 cm³/mol. The Morgan fingerprint density at radius 1 is 1.00 bits per heavy atom. The number of carbonyl (C=O) groups excluding carboxylic acids is 2. The van der Waals surface area contributed by atoms with Gasteiger partial charge in [0.25, 0.3) is 0 Å². The van der Waals surface area contributed by atoms with Gasteiger partial charge in [0.2, 0.25) is 13.6 Å². The van der Waals surface area contributed by atoms with Crippen LogP contribution in [-0.4, -0.2) is 64.4 Å². The quantitative estimate of drug-likeness (QED) is 0.149. The van der Waals surface area contributed by atoms with E-state index in [2.05, 4.69) is 10.3 Å². The number of ether oxygens (including phenoxy) is 4. The molecule has 0 bridgehead atoms. The van der Waals surface area contributed by atoms with Crippen molar-refractivity contribution in [1.82, 2.24) is 15.0 Å². The zero-order valence-electron chi connectivity index (χ0n) is 22.1. The Bertz CT molecular complexity index is 1080. The lowest BCUT2D eigenvalue weighted by atomic mass is 10.1. The molecule has 0 saturated heterocycles. The summed E-state index contributed by atoms with van der Waals surface area (Å²) >= 11 is 0. The van der Waals surface area contributed by atoms with Crippen molar-refractivity contribution in [2.24, 2.45) is 0 Å². The number of carbonyl (C=O) groups is 2. The van der Waals surface area contributed by atoms with E-state index in [-0.39, 0.29) is 12.8 Å². The SMILES string of the molecule is C/C(=C\CP(=O)(OCOC(=O)OC(C)C)OCOC(=O)OC(C)C)Cn1cc(-c2ccc(CO)cc2)nn1. The largest absolute Gasteiger partial charge is 0.510 e. The first-order valence-electron chi connectivity index (χ1n) is 11.8. The zero-order valence-corrected chi connectivity index (χ0v) is 23.0. The van der Waals surface area contributed by atoms with Crippen molar-refractivity contribution in [3.8, 4) is 11.3 Å². The van der Waals surface area contributed by atoms with Gasteiger partial charge in [-0.2, -0.15) is 0 Å². The topological polar surface area (TPSA) is 158 Å². The van der Waals surface area contributed by atoms with Gasteiger partial charge in [-0.1, -0.05) is 41.1 Å². The normalized spacial score (nSPS) is 12.1. The summed E-state index contributed by atoms with van der Waals surface area (Å²) < 4.78 is 44.4. The van der Waals surface area contributed by atoms with Gasteiger partial charge in [-0.15, -0.1) is 5.10 Å². The van der Waals surface area contributed by atoms with Crippen molar-refractivity contribution in [2.45, 2.75) is 60.0 Å². The predicted octanol–water partition coefficient (Wildman–Crippen LogP) is 4.65. The third-order valence-electron chi connectivity index (χ3n) is 4.56. The molecule has 0 fully saturated rings. The summed E-state index contributed by atoms with van der Waals surface area (Å²) in [5, 5.41) is 17.4. The number of rotatable bonds is 14. The minimum absolute atomic E-state index is 0.0451. The number of benzene rings is 1. The molecule has 210 valence electrons. The molecule has 13 nitrogen and oxygen atoms in total. The summed E-state index contributed by atoms with van der Waals surface area (Å²) in [7, 11) is -3.92. The summed E-state index contributed by atoms with van der Waals surface area (Å²) in [4.78, 5) is 23.1. The van der Waals surface area contributed by atoms with Crippen LogP contribution in [0.1, 0.15) is 40.2 Å². The van der Waals surface area contributed by atoms with Crippen LogP contribution < -0.4 is 0 Å². The molecule has 38 heavy (non-hydrogen) atoms. The molecule has 0 saturated carbocycles. The summed E-state index contributed by atoms with van der Waals surface area (Å²) in [6.07, 6.45) is 0.333. The van der Waals surface area contributed by atoms with Crippen LogP contribution in [0.3, 0.4) is 0 Å².